The fourth-order valence-electron chi connectivity index (χ4n) is 1.12. The topological polar surface area (TPSA) is 58.3 Å². The zero-order valence-electron chi connectivity index (χ0n) is 8.48. The highest BCUT2D eigenvalue weighted by molar-refractivity contribution is 5.85. The third kappa shape index (κ3) is 6.44. The van der Waals surface area contributed by atoms with Crippen molar-refractivity contribution < 1.29 is 5.11 Å². The van der Waals surface area contributed by atoms with Gasteiger partial charge in [-0.05, 0) is 25.0 Å². The van der Waals surface area contributed by atoms with E-state index in [0.29, 0.717) is 0 Å². The summed E-state index contributed by atoms with van der Waals surface area (Å²) in [6.07, 6.45) is 1.80. The maximum absolute atomic E-state index is 8.57. The molecule has 0 saturated carbocycles. The lowest BCUT2D eigenvalue weighted by Crippen LogP contribution is -2.04. The summed E-state index contributed by atoms with van der Waals surface area (Å²) in [7, 11) is 0. The maximum Gasteiger partial charge on any atom is 0.0573 e. The molecule has 0 fully saturated rings. The molecule has 1 aromatic rings. The summed E-state index contributed by atoms with van der Waals surface area (Å²) < 4.78 is 0. The van der Waals surface area contributed by atoms with Crippen molar-refractivity contribution in [1.29, 1.82) is 0 Å². The molecule has 1 aromatic carbocycles. The van der Waals surface area contributed by atoms with Crippen molar-refractivity contribution in [3.05, 3.63) is 24.3 Å². The van der Waals surface area contributed by atoms with Gasteiger partial charge in [-0.1, -0.05) is 12.1 Å². The number of nitrogens with two attached hydrogens (primary N) is 1. The smallest absolute Gasteiger partial charge is 0.0573 e. The van der Waals surface area contributed by atoms with Gasteiger partial charge in [0, 0.05) is 13.2 Å². The molecule has 0 aliphatic carbocycles. The molecular formula is C10H18Cl2N2O. The van der Waals surface area contributed by atoms with E-state index in [0.717, 1.165) is 30.8 Å². The molecule has 0 heterocycles. The Balaban J connectivity index is 0. The number of para-hydroxylation sites is 2. The van der Waals surface area contributed by atoms with Crippen molar-refractivity contribution in [3.63, 3.8) is 0 Å². The molecule has 5 heteroatoms. The molecule has 0 aliphatic heterocycles. The standard InChI is InChI=1S/C10H16N2O.2ClH/c11-9-5-1-2-6-10(9)12-7-3-4-8-13;;/h1-2,5-6,12-13H,3-4,7-8,11H2;2*1H. The lowest BCUT2D eigenvalue weighted by molar-refractivity contribution is 0.286. The predicted molar refractivity (Wildman–Crippen MR) is 70.2 cm³/mol. The van der Waals surface area contributed by atoms with E-state index in [4.69, 9.17) is 10.8 Å². The molecule has 0 bridgehead atoms. The summed E-state index contributed by atoms with van der Waals surface area (Å²) in [6.45, 7) is 1.11. The number of aliphatic hydroxyl groups excluding tert-OH is 1. The van der Waals surface area contributed by atoms with Gasteiger partial charge in [0.2, 0.25) is 0 Å². The van der Waals surface area contributed by atoms with Crippen LogP contribution in [-0.2, 0) is 0 Å². The minimum Gasteiger partial charge on any atom is -0.397 e. The summed E-state index contributed by atoms with van der Waals surface area (Å²) in [5, 5.41) is 11.8. The molecule has 0 amide bonds. The van der Waals surface area contributed by atoms with E-state index in [9.17, 15) is 0 Å². The van der Waals surface area contributed by atoms with Crippen LogP contribution in [-0.4, -0.2) is 18.3 Å². The van der Waals surface area contributed by atoms with Gasteiger partial charge in [-0.25, -0.2) is 0 Å². The first-order chi connectivity index (χ1) is 6.34. The molecular weight excluding hydrogens is 235 g/mol. The number of rotatable bonds is 5. The summed E-state index contributed by atoms with van der Waals surface area (Å²) in [5.74, 6) is 0. The van der Waals surface area contributed by atoms with Crippen LogP contribution >= 0.6 is 24.8 Å². The second-order valence-corrected chi connectivity index (χ2v) is 2.94. The van der Waals surface area contributed by atoms with Crippen molar-refractivity contribution in [2.75, 3.05) is 24.2 Å². The Morgan fingerprint density at radius 2 is 1.80 bits per heavy atom. The van der Waals surface area contributed by atoms with E-state index in [-0.39, 0.29) is 31.4 Å². The fraction of sp³-hybridized carbons (Fsp3) is 0.400. The van der Waals surface area contributed by atoms with Gasteiger partial charge in [0.25, 0.3) is 0 Å². The van der Waals surface area contributed by atoms with Gasteiger partial charge < -0.3 is 16.2 Å². The molecule has 0 aliphatic rings. The Hall–Kier alpha value is -0.640. The summed E-state index contributed by atoms with van der Waals surface area (Å²) in [4.78, 5) is 0. The van der Waals surface area contributed by atoms with Crippen LogP contribution < -0.4 is 11.1 Å². The minimum atomic E-state index is 0. The van der Waals surface area contributed by atoms with Crippen LogP contribution in [0.3, 0.4) is 0 Å². The zero-order chi connectivity index (χ0) is 9.52. The van der Waals surface area contributed by atoms with Crippen molar-refractivity contribution in [1.82, 2.24) is 0 Å². The van der Waals surface area contributed by atoms with Gasteiger partial charge in [-0.15, -0.1) is 24.8 Å². The number of hydrogen-bond donors (Lipinski definition) is 3. The van der Waals surface area contributed by atoms with Crippen LogP contribution in [0.15, 0.2) is 24.3 Å². The molecule has 0 atom stereocenters. The largest absolute Gasteiger partial charge is 0.397 e. The third-order valence-corrected chi connectivity index (χ3v) is 1.86. The highest BCUT2D eigenvalue weighted by atomic mass is 35.5. The monoisotopic (exact) mass is 252 g/mol. The lowest BCUT2D eigenvalue weighted by Gasteiger charge is -2.07. The number of halogens is 2. The number of nitrogens with one attached hydrogen (secondary N) is 1. The van der Waals surface area contributed by atoms with Crippen LogP contribution in [0, 0.1) is 0 Å². The van der Waals surface area contributed by atoms with Gasteiger partial charge in [-0.2, -0.15) is 0 Å². The Bertz CT molecular complexity index is 259. The van der Waals surface area contributed by atoms with Crippen LogP contribution in [0.25, 0.3) is 0 Å². The Morgan fingerprint density at radius 3 is 2.40 bits per heavy atom. The molecule has 0 unspecified atom stereocenters. The molecule has 4 N–H and O–H groups in total. The normalized spacial score (nSPS) is 8.60. The molecule has 1 rings (SSSR count). The number of aliphatic hydroxyl groups is 1. The Kier molecular flexibility index (Phi) is 11.1. The molecule has 15 heavy (non-hydrogen) atoms. The summed E-state index contributed by atoms with van der Waals surface area (Å²) >= 11 is 0. The molecule has 0 saturated heterocycles. The summed E-state index contributed by atoms with van der Waals surface area (Å²) in [6, 6.07) is 7.68. The Morgan fingerprint density at radius 1 is 1.13 bits per heavy atom. The van der Waals surface area contributed by atoms with E-state index in [1.807, 2.05) is 24.3 Å². The second-order valence-electron chi connectivity index (χ2n) is 2.94. The molecule has 3 nitrogen and oxygen atoms in total. The van der Waals surface area contributed by atoms with E-state index in [1.165, 1.54) is 0 Å². The second kappa shape index (κ2) is 9.90. The van der Waals surface area contributed by atoms with Crippen molar-refractivity contribution in [2.45, 2.75) is 12.8 Å². The number of hydrogen-bond acceptors (Lipinski definition) is 3. The third-order valence-electron chi connectivity index (χ3n) is 1.86. The van der Waals surface area contributed by atoms with Gasteiger partial charge in [0.05, 0.1) is 11.4 Å². The van der Waals surface area contributed by atoms with Crippen LogP contribution in [0.2, 0.25) is 0 Å². The van der Waals surface area contributed by atoms with Gasteiger partial charge >= 0.3 is 0 Å². The van der Waals surface area contributed by atoms with Crippen molar-refractivity contribution >= 4 is 36.2 Å². The Labute approximate surface area is 103 Å². The van der Waals surface area contributed by atoms with Gasteiger partial charge in [0.15, 0.2) is 0 Å². The van der Waals surface area contributed by atoms with Crippen LogP contribution in [0.5, 0.6) is 0 Å². The van der Waals surface area contributed by atoms with Gasteiger partial charge in [0.1, 0.15) is 0 Å². The summed E-state index contributed by atoms with van der Waals surface area (Å²) in [5.41, 5.74) is 7.47. The number of anilines is 2. The quantitative estimate of drug-likeness (QED) is 0.557. The first-order valence-corrected chi connectivity index (χ1v) is 4.54. The molecule has 0 aromatic heterocycles. The van der Waals surface area contributed by atoms with Crippen LogP contribution in [0.1, 0.15) is 12.8 Å². The van der Waals surface area contributed by atoms with Crippen molar-refractivity contribution in [2.24, 2.45) is 0 Å². The van der Waals surface area contributed by atoms with E-state index in [1.54, 1.807) is 0 Å². The van der Waals surface area contributed by atoms with E-state index in [2.05, 4.69) is 5.32 Å². The number of benzene rings is 1. The van der Waals surface area contributed by atoms with E-state index < -0.39 is 0 Å². The highest BCUT2D eigenvalue weighted by Crippen LogP contribution is 2.16. The number of unbranched alkanes of at least 4 members (excludes halogenated alkanes) is 1. The predicted octanol–water partition coefficient (Wildman–Crippen LogP) is 2.30. The molecule has 0 spiro atoms. The zero-order valence-corrected chi connectivity index (χ0v) is 10.1. The molecule has 88 valence electrons. The molecule has 0 radical (unpaired) electrons. The van der Waals surface area contributed by atoms with Gasteiger partial charge in [-0.3, -0.25) is 0 Å². The highest BCUT2D eigenvalue weighted by Gasteiger charge is 1.94. The SMILES string of the molecule is Cl.Cl.Nc1ccccc1NCCCCO. The van der Waals surface area contributed by atoms with Crippen LogP contribution in [0.4, 0.5) is 11.4 Å². The number of nitrogen functional groups attached to an aromatic ring is 1. The minimum absolute atomic E-state index is 0. The maximum atomic E-state index is 8.57. The van der Waals surface area contributed by atoms with E-state index >= 15 is 0 Å². The first kappa shape index (κ1) is 16.8. The average molecular weight is 253 g/mol. The van der Waals surface area contributed by atoms with Crippen molar-refractivity contribution in [3.8, 4) is 0 Å². The fourth-order valence-corrected chi connectivity index (χ4v) is 1.12. The lowest BCUT2D eigenvalue weighted by atomic mass is 10.2. The average Bonchev–Trinajstić information content (AvgIpc) is 2.15. The first-order valence-electron chi connectivity index (χ1n) is 4.54.